The Balaban J connectivity index is 1.93. The van der Waals surface area contributed by atoms with E-state index in [0.29, 0.717) is 5.57 Å². The van der Waals surface area contributed by atoms with Crippen molar-refractivity contribution in [3.05, 3.63) is 58.4 Å². The second-order valence-electron chi connectivity index (χ2n) is 5.80. The Morgan fingerprint density at radius 1 is 1.29 bits per heavy atom. The normalized spacial score (nSPS) is 14.3. The Hall–Kier alpha value is -1.75. The highest BCUT2D eigenvalue weighted by Crippen LogP contribution is 2.29. The van der Waals surface area contributed by atoms with E-state index in [2.05, 4.69) is 11.8 Å². The lowest BCUT2D eigenvalue weighted by atomic mass is 10.1. The van der Waals surface area contributed by atoms with Gasteiger partial charge in [0.15, 0.2) is 0 Å². The summed E-state index contributed by atoms with van der Waals surface area (Å²) in [5.74, 6) is -0.238. The lowest BCUT2D eigenvalue weighted by molar-refractivity contribution is -0.132. The average Bonchev–Trinajstić information content (AvgIpc) is 2.58. The van der Waals surface area contributed by atoms with Crippen LogP contribution >= 0.6 is 11.8 Å². The van der Waals surface area contributed by atoms with Crippen molar-refractivity contribution in [1.82, 2.24) is 4.90 Å². The standard InChI is InChI=1S/C19H24FNO2S/c1-2-3-12-21-13-4-7-17(19(22)23)18(21)24-14-5-6-15-8-10-16(20)11-9-15/h4,7-11H,2-3,5-6,12-14H2,1H3,(H,22,23). The molecule has 0 unspecified atom stereocenters. The minimum atomic E-state index is -0.867. The van der Waals surface area contributed by atoms with E-state index < -0.39 is 5.97 Å². The molecule has 24 heavy (non-hydrogen) atoms. The molecule has 0 spiro atoms. The number of carbonyl (C=O) groups is 1. The number of aliphatic carboxylic acids is 1. The van der Waals surface area contributed by atoms with Crippen LogP contribution in [0.25, 0.3) is 0 Å². The summed E-state index contributed by atoms with van der Waals surface area (Å²) in [7, 11) is 0. The van der Waals surface area contributed by atoms with Crippen molar-refractivity contribution < 1.29 is 14.3 Å². The van der Waals surface area contributed by atoms with Crippen LogP contribution in [-0.4, -0.2) is 34.8 Å². The molecule has 1 aliphatic heterocycles. The molecule has 130 valence electrons. The van der Waals surface area contributed by atoms with Gasteiger partial charge in [-0.15, -0.1) is 11.8 Å². The molecule has 0 atom stereocenters. The Kier molecular flexibility index (Phi) is 7.37. The molecule has 0 bridgehead atoms. The van der Waals surface area contributed by atoms with E-state index >= 15 is 0 Å². The monoisotopic (exact) mass is 349 g/mol. The SMILES string of the molecule is CCCCN1CC=CC(C(=O)O)=C1SCCCc1ccc(F)cc1. The van der Waals surface area contributed by atoms with Crippen LogP contribution in [-0.2, 0) is 11.2 Å². The van der Waals surface area contributed by atoms with E-state index in [9.17, 15) is 14.3 Å². The number of carboxylic acid groups (broad SMARTS) is 1. The van der Waals surface area contributed by atoms with E-state index in [1.54, 1.807) is 30.0 Å². The second-order valence-corrected chi connectivity index (χ2v) is 6.89. The second kappa shape index (κ2) is 9.52. The van der Waals surface area contributed by atoms with Crippen LogP contribution in [0.5, 0.6) is 0 Å². The van der Waals surface area contributed by atoms with Crippen molar-refractivity contribution in [2.45, 2.75) is 32.6 Å². The van der Waals surface area contributed by atoms with Gasteiger partial charge in [-0.3, -0.25) is 0 Å². The third-order valence-electron chi connectivity index (χ3n) is 3.90. The van der Waals surface area contributed by atoms with E-state index in [1.165, 1.54) is 12.1 Å². The molecule has 1 aromatic rings. The van der Waals surface area contributed by atoms with E-state index in [-0.39, 0.29) is 5.82 Å². The summed E-state index contributed by atoms with van der Waals surface area (Å²) in [6.07, 6.45) is 7.58. The van der Waals surface area contributed by atoms with Gasteiger partial charge < -0.3 is 10.0 Å². The molecule has 5 heteroatoms. The zero-order chi connectivity index (χ0) is 17.4. The van der Waals surface area contributed by atoms with Crippen LogP contribution in [0.15, 0.2) is 47.0 Å². The summed E-state index contributed by atoms with van der Waals surface area (Å²) in [4.78, 5) is 13.6. The molecule has 2 rings (SSSR count). The largest absolute Gasteiger partial charge is 0.478 e. The first-order chi connectivity index (χ1) is 11.6. The molecule has 0 saturated heterocycles. The summed E-state index contributed by atoms with van der Waals surface area (Å²) in [5, 5.41) is 10.3. The van der Waals surface area contributed by atoms with E-state index in [1.807, 2.05) is 6.08 Å². The lowest BCUT2D eigenvalue weighted by Crippen LogP contribution is -2.28. The summed E-state index contributed by atoms with van der Waals surface area (Å²) < 4.78 is 12.9. The van der Waals surface area contributed by atoms with Crippen molar-refractivity contribution in [2.75, 3.05) is 18.8 Å². The Morgan fingerprint density at radius 3 is 2.71 bits per heavy atom. The van der Waals surface area contributed by atoms with Gasteiger partial charge in [0.1, 0.15) is 5.82 Å². The molecule has 0 aromatic heterocycles. The first-order valence-electron chi connectivity index (χ1n) is 8.38. The molecule has 0 amide bonds. The maximum Gasteiger partial charge on any atom is 0.338 e. The fraction of sp³-hybridized carbons (Fsp3) is 0.421. The van der Waals surface area contributed by atoms with Crippen molar-refractivity contribution in [3.63, 3.8) is 0 Å². The maximum atomic E-state index is 12.9. The third kappa shape index (κ3) is 5.41. The predicted octanol–water partition coefficient (Wildman–Crippen LogP) is 4.46. The molecule has 1 heterocycles. The highest BCUT2D eigenvalue weighted by Gasteiger charge is 2.20. The molecule has 1 aliphatic rings. The number of unbranched alkanes of at least 4 members (excludes halogenated alkanes) is 1. The zero-order valence-electron chi connectivity index (χ0n) is 14.0. The lowest BCUT2D eigenvalue weighted by Gasteiger charge is -2.29. The number of hydrogen-bond donors (Lipinski definition) is 1. The number of halogens is 1. The van der Waals surface area contributed by atoms with Gasteiger partial charge in [0.25, 0.3) is 0 Å². The van der Waals surface area contributed by atoms with Crippen LogP contribution in [0, 0.1) is 5.82 Å². The molecular formula is C19H24FNO2S. The van der Waals surface area contributed by atoms with Gasteiger partial charge in [-0.25, -0.2) is 9.18 Å². The first-order valence-corrected chi connectivity index (χ1v) is 9.36. The van der Waals surface area contributed by atoms with Crippen LogP contribution in [0.3, 0.4) is 0 Å². The minimum Gasteiger partial charge on any atom is -0.478 e. The predicted molar refractivity (Wildman–Crippen MR) is 97.5 cm³/mol. The molecule has 0 saturated carbocycles. The number of aryl methyl sites for hydroxylation is 1. The Bertz CT molecular complexity index is 610. The van der Waals surface area contributed by atoms with E-state index in [0.717, 1.165) is 55.1 Å². The minimum absolute atomic E-state index is 0.218. The Labute approximate surface area is 147 Å². The van der Waals surface area contributed by atoms with Gasteiger partial charge in [0, 0.05) is 13.1 Å². The molecule has 1 N–H and O–H groups in total. The summed E-state index contributed by atoms with van der Waals surface area (Å²) in [6, 6.07) is 6.57. The number of thioether (sulfide) groups is 1. The topological polar surface area (TPSA) is 40.5 Å². The third-order valence-corrected chi connectivity index (χ3v) is 5.15. The first kappa shape index (κ1) is 18.6. The van der Waals surface area contributed by atoms with Crippen LogP contribution in [0.1, 0.15) is 31.7 Å². The van der Waals surface area contributed by atoms with Crippen LogP contribution in [0.4, 0.5) is 4.39 Å². The molecule has 3 nitrogen and oxygen atoms in total. The van der Waals surface area contributed by atoms with Gasteiger partial charge in [0.2, 0.25) is 0 Å². The summed E-state index contributed by atoms with van der Waals surface area (Å²) in [5.41, 5.74) is 1.50. The highest BCUT2D eigenvalue weighted by atomic mass is 32.2. The maximum absolute atomic E-state index is 12.9. The molecule has 0 fully saturated rings. The number of rotatable bonds is 9. The van der Waals surface area contributed by atoms with Crippen molar-refractivity contribution in [2.24, 2.45) is 0 Å². The number of hydrogen-bond acceptors (Lipinski definition) is 3. The van der Waals surface area contributed by atoms with Gasteiger partial charge in [-0.1, -0.05) is 31.6 Å². The van der Waals surface area contributed by atoms with Gasteiger partial charge in [0.05, 0.1) is 10.6 Å². The van der Waals surface area contributed by atoms with Crippen LogP contribution in [0.2, 0.25) is 0 Å². The molecular weight excluding hydrogens is 325 g/mol. The number of benzene rings is 1. The number of carboxylic acids is 1. The van der Waals surface area contributed by atoms with E-state index in [4.69, 9.17) is 0 Å². The van der Waals surface area contributed by atoms with Crippen molar-refractivity contribution in [3.8, 4) is 0 Å². The molecule has 0 aliphatic carbocycles. The fourth-order valence-electron chi connectivity index (χ4n) is 2.59. The molecule has 0 radical (unpaired) electrons. The fourth-order valence-corrected chi connectivity index (χ4v) is 3.73. The highest BCUT2D eigenvalue weighted by molar-refractivity contribution is 8.03. The van der Waals surface area contributed by atoms with Gasteiger partial charge in [-0.05, 0) is 48.8 Å². The Morgan fingerprint density at radius 2 is 2.04 bits per heavy atom. The van der Waals surface area contributed by atoms with Gasteiger partial charge >= 0.3 is 5.97 Å². The quantitative estimate of drug-likeness (QED) is 0.668. The van der Waals surface area contributed by atoms with Crippen molar-refractivity contribution in [1.29, 1.82) is 0 Å². The zero-order valence-corrected chi connectivity index (χ0v) is 14.8. The van der Waals surface area contributed by atoms with Gasteiger partial charge in [-0.2, -0.15) is 0 Å². The average molecular weight is 349 g/mol. The molecule has 1 aromatic carbocycles. The summed E-state index contributed by atoms with van der Waals surface area (Å²) >= 11 is 1.61. The smallest absolute Gasteiger partial charge is 0.338 e. The summed E-state index contributed by atoms with van der Waals surface area (Å²) in [6.45, 7) is 3.80. The van der Waals surface area contributed by atoms with Crippen LogP contribution < -0.4 is 0 Å². The van der Waals surface area contributed by atoms with Crippen molar-refractivity contribution >= 4 is 17.7 Å². The number of nitrogens with zero attached hydrogens (tertiary/aromatic N) is 1.